The van der Waals surface area contributed by atoms with Crippen LogP contribution in [0.5, 0.6) is 0 Å². The number of aromatic nitrogens is 1. The average molecular weight is 600 g/mol. The fourth-order valence-electron chi connectivity index (χ4n) is 8.82. The standard InChI is InChI=1S/C45H29NO/c1-45(2)37-12-5-3-11-34(37)44-43(45)36-24-29(31-20-16-28-15-14-26-8-7-9-27-17-21-33(31)42(28)41(26)27)18-22-38(36)46(44)30-19-23-40-35(25-30)32-10-4-6-13-39(32)47-40/h3-25H,1-2H3. The lowest BCUT2D eigenvalue weighted by Gasteiger charge is -2.21. The third-order valence-electron chi connectivity index (χ3n) is 10.9. The quantitative estimate of drug-likeness (QED) is 0.181. The third-order valence-corrected chi connectivity index (χ3v) is 10.9. The molecule has 8 aromatic carbocycles. The molecule has 11 rings (SSSR count). The number of hydrogen-bond donors (Lipinski definition) is 0. The topological polar surface area (TPSA) is 18.1 Å². The summed E-state index contributed by atoms with van der Waals surface area (Å²) < 4.78 is 8.72. The van der Waals surface area contributed by atoms with Crippen LogP contribution in [-0.2, 0) is 5.41 Å². The first-order valence-corrected chi connectivity index (χ1v) is 16.4. The van der Waals surface area contributed by atoms with E-state index in [4.69, 9.17) is 4.42 Å². The lowest BCUT2D eigenvalue weighted by molar-refractivity contribution is 0.666. The van der Waals surface area contributed by atoms with Crippen molar-refractivity contribution in [3.8, 4) is 28.1 Å². The Morgan fingerprint density at radius 2 is 1.26 bits per heavy atom. The monoisotopic (exact) mass is 599 g/mol. The SMILES string of the molecule is CC1(C)c2ccccc2-c2c1c1cc(-c3ccc4ccc5cccc6ccc3c4c56)ccc1n2-c1ccc2oc3ccccc3c2c1. The summed E-state index contributed by atoms with van der Waals surface area (Å²) in [5.74, 6) is 0. The zero-order valence-corrected chi connectivity index (χ0v) is 26.1. The van der Waals surface area contributed by atoms with Crippen molar-refractivity contribution in [3.05, 3.63) is 151 Å². The molecule has 0 unspecified atom stereocenters. The highest BCUT2D eigenvalue weighted by Gasteiger charge is 2.40. The maximum Gasteiger partial charge on any atom is 0.135 e. The Morgan fingerprint density at radius 3 is 2.15 bits per heavy atom. The first-order valence-electron chi connectivity index (χ1n) is 16.4. The van der Waals surface area contributed by atoms with Crippen LogP contribution in [0.25, 0.3) is 93.2 Å². The Bertz CT molecular complexity index is 2920. The molecule has 0 atom stereocenters. The van der Waals surface area contributed by atoms with Crippen molar-refractivity contribution < 1.29 is 4.42 Å². The van der Waals surface area contributed by atoms with Crippen molar-refractivity contribution in [1.82, 2.24) is 4.57 Å². The number of para-hydroxylation sites is 1. The summed E-state index contributed by atoms with van der Waals surface area (Å²) in [5.41, 5.74) is 12.0. The first kappa shape index (κ1) is 25.3. The smallest absolute Gasteiger partial charge is 0.135 e. The highest BCUT2D eigenvalue weighted by Crippen LogP contribution is 2.54. The van der Waals surface area contributed by atoms with Crippen LogP contribution in [0.3, 0.4) is 0 Å². The molecule has 0 spiro atoms. The van der Waals surface area contributed by atoms with E-state index in [1.54, 1.807) is 0 Å². The normalized spacial score (nSPS) is 13.9. The molecular weight excluding hydrogens is 571 g/mol. The zero-order valence-electron chi connectivity index (χ0n) is 26.1. The fourth-order valence-corrected chi connectivity index (χ4v) is 8.82. The van der Waals surface area contributed by atoms with Gasteiger partial charge in [0.1, 0.15) is 11.2 Å². The van der Waals surface area contributed by atoms with Crippen molar-refractivity contribution in [2.24, 2.45) is 0 Å². The Labute approximate surface area is 271 Å². The van der Waals surface area contributed by atoms with Crippen LogP contribution in [-0.4, -0.2) is 4.57 Å². The molecule has 2 aromatic heterocycles. The summed E-state index contributed by atoms with van der Waals surface area (Å²) in [4.78, 5) is 0. The minimum atomic E-state index is -0.150. The van der Waals surface area contributed by atoms with E-state index in [1.165, 1.54) is 76.7 Å². The molecule has 2 heteroatoms. The number of furan rings is 1. The largest absolute Gasteiger partial charge is 0.456 e. The number of rotatable bonds is 2. The van der Waals surface area contributed by atoms with E-state index in [2.05, 4.69) is 152 Å². The lowest BCUT2D eigenvalue weighted by atomic mass is 9.81. The van der Waals surface area contributed by atoms with Gasteiger partial charge < -0.3 is 8.98 Å². The Kier molecular flexibility index (Phi) is 4.68. The van der Waals surface area contributed by atoms with Gasteiger partial charge in [-0.15, -0.1) is 0 Å². The lowest BCUT2D eigenvalue weighted by Crippen LogP contribution is -2.14. The van der Waals surface area contributed by atoms with Gasteiger partial charge in [0.2, 0.25) is 0 Å². The Morgan fingerprint density at radius 1 is 0.511 bits per heavy atom. The molecule has 0 saturated heterocycles. The van der Waals surface area contributed by atoms with E-state index in [-0.39, 0.29) is 5.41 Å². The second-order valence-corrected chi connectivity index (χ2v) is 13.7. The summed E-state index contributed by atoms with van der Waals surface area (Å²) >= 11 is 0. The van der Waals surface area contributed by atoms with Crippen molar-refractivity contribution >= 4 is 65.2 Å². The number of nitrogens with zero attached hydrogens (tertiary/aromatic N) is 1. The van der Waals surface area contributed by atoms with Crippen LogP contribution >= 0.6 is 0 Å². The van der Waals surface area contributed by atoms with E-state index in [0.717, 1.165) is 27.6 Å². The second kappa shape index (κ2) is 8.69. The molecule has 0 N–H and O–H groups in total. The Balaban J connectivity index is 1.22. The van der Waals surface area contributed by atoms with Crippen LogP contribution in [0.1, 0.15) is 25.0 Å². The van der Waals surface area contributed by atoms with Crippen molar-refractivity contribution in [3.63, 3.8) is 0 Å². The highest BCUT2D eigenvalue weighted by molar-refractivity contribution is 6.25. The fraction of sp³-hybridized carbons (Fsp3) is 0.0667. The van der Waals surface area contributed by atoms with E-state index in [9.17, 15) is 0 Å². The summed E-state index contributed by atoms with van der Waals surface area (Å²) in [6, 6.07) is 51.5. The predicted octanol–water partition coefficient (Wildman–Crippen LogP) is 12.4. The maximum absolute atomic E-state index is 6.23. The molecule has 0 amide bonds. The molecule has 47 heavy (non-hydrogen) atoms. The molecule has 0 aliphatic heterocycles. The summed E-state index contributed by atoms with van der Waals surface area (Å²) in [7, 11) is 0. The van der Waals surface area contributed by atoms with Crippen LogP contribution in [0.15, 0.2) is 144 Å². The molecule has 0 radical (unpaired) electrons. The molecule has 220 valence electrons. The van der Waals surface area contributed by atoms with Gasteiger partial charge in [-0.25, -0.2) is 0 Å². The summed E-state index contributed by atoms with van der Waals surface area (Å²) in [6.07, 6.45) is 0. The highest BCUT2D eigenvalue weighted by atomic mass is 16.3. The minimum absolute atomic E-state index is 0.150. The van der Waals surface area contributed by atoms with Gasteiger partial charge in [0.15, 0.2) is 0 Å². The summed E-state index contributed by atoms with van der Waals surface area (Å²) in [5, 5.41) is 11.5. The predicted molar refractivity (Wildman–Crippen MR) is 197 cm³/mol. The summed E-state index contributed by atoms with van der Waals surface area (Å²) in [6.45, 7) is 4.77. The zero-order chi connectivity index (χ0) is 31.0. The molecular formula is C45H29NO. The molecule has 0 fully saturated rings. The number of fused-ring (bicyclic) bond motifs is 8. The first-order chi connectivity index (χ1) is 23.1. The van der Waals surface area contributed by atoms with Crippen molar-refractivity contribution in [2.45, 2.75) is 19.3 Å². The minimum Gasteiger partial charge on any atom is -0.456 e. The maximum atomic E-state index is 6.23. The molecule has 0 bridgehead atoms. The molecule has 0 saturated carbocycles. The Hall–Kier alpha value is -5.86. The average Bonchev–Trinajstić information content (AvgIpc) is 3.73. The van der Waals surface area contributed by atoms with E-state index < -0.39 is 0 Å². The third kappa shape index (κ3) is 3.20. The van der Waals surface area contributed by atoms with Gasteiger partial charge in [-0.3, -0.25) is 0 Å². The number of benzene rings is 8. The molecule has 2 heterocycles. The molecule has 10 aromatic rings. The van der Waals surface area contributed by atoms with Gasteiger partial charge in [-0.05, 0) is 91.0 Å². The van der Waals surface area contributed by atoms with Crippen LogP contribution < -0.4 is 0 Å². The van der Waals surface area contributed by atoms with Crippen molar-refractivity contribution in [2.75, 3.05) is 0 Å². The van der Waals surface area contributed by atoms with E-state index in [1.807, 2.05) is 6.07 Å². The van der Waals surface area contributed by atoms with Gasteiger partial charge in [-0.2, -0.15) is 0 Å². The van der Waals surface area contributed by atoms with Crippen molar-refractivity contribution in [1.29, 1.82) is 0 Å². The van der Waals surface area contributed by atoms with Crippen LogP contribution in [0.4, 0.5) is 0 Å². The van der Waals surface area contributed by atoms with E-state index in [0.29, 0.717) is 0 Å². The molecule has 1 aliphatic carbocycles. The molecule has 1 aliphatic rings. The second-order valence-electron chi connectivity index (χ2n) is 13.7. The van der Waals surface area contributed by atoms with Crippen LogP contribution in [0.2, 0.25) is 0 Å². The molecule has 2 nitrogen and oxygen atoms in total. The van der Waals surface area contributed by atoms with Gasteiger partial charge in [0.25, 0.3) is 0 Å². The van der Waals surface area contributed by atoms with Gasteiger partial charge in [-0.1, -0.05) is 117 Å². The number of hydrogen-bond acceptors (Lipinski definition) is 1. The van der Waals surface area contributed by atoms with Gasteiger partial charge in [0, 0.05) is 32.8 Å². The van der Waals surface area contributed by atoms with Crippen LogP contribution in [0, 0.1) is 0 Å². The van der Waals surface area contributed by atoms with Gasteiger partial charge >= 0.3 is 0 Å². The van der Waals surface area contributed by atoms with E-state index >= 15 is 0 Å². The van der Waals surface area contributed by atoms with Gasteiger partial charge in [0.05, 0.1) is 11.2 Å².